The van der Waals surface area contributed by atoms with E-state index < -0.39 is 0 Å². The predicted octanol–water partition coefficient (Wildman–Crippen LogP) is 2.70. The second-order valence-corrected chi connectivity index (χ2v) is 6.18. The second kappa shape index (κ2) is 7.41. The van der Waals surface area contributed by atoms with Crippen molar-refractivity contribution >= 4 is 17.5 Å². The topological polar surface area (TPSA) is 78.2 Å². The Morgan fingerprint density at radius 2 is 2.28 bits per heavy atom. The van der Waals surface area contributed by atoms with E-state index in [0.717, 1.165) is 17.5 Å². The van der Waals surface area contributed by atoms with Crippen LogP contribution in [-0.4, -0.2) is 42.0 Å². The number of carbonyl (C=O) groups is 1. The molecular formula is C18H17ClN4O2. The number of halogens is 1. The summed E-state index contributed by atoms with van der Waals surface area (Å²) < 4.78 is 5.44. The standard InChI is InChI=1S/C18H17ClN4O2/c1-25-17-8-12(18(24)22-13-5-7-23(10-13)11-20)2-3-15(17)14-4-6-21-9-16(14)19/h2-4,6,8-9,13H,5,7,10H2,1H3,(H,22,24)/t13-/m1/s1. The van der Waals surface area contributed by atoms with E-state index >= 15 is 0 Å². The van der Waals surface area contributed by atoms with Gasteiger partial charge in [0.05, 0.1) is 12.1 Å². The fourth-order valence-electron chi connectivity index (χ4n) is 2.89. The molecule has 2 aromatic rings. The van der Waals surface area contributed by atoms with Gasteiger partial charge < -0.3 is 15.0 Å². The Kier molecular flexibility index (Phi) is 5.05. The first-order chi connectivity index (χ1) is 12.1. The van der Waals surface area contributed by atoms with E-state index in [4.69, 9.17) is 21.6 Å². The molecule has 25 heavy (non-hydrogen) atoms. The zero-order valence-electron chi connectivity index (χ0n) is 13.7. The van der Waals surface area contributed by atoms with Crippen LogP contribution in [0.25, 0.3) is 11.1 Å². The first-order valence-corrected chi connectivity index (χ1v) is 8.23. The SMILES string of the molecule is COc1cc(C(=O)N[C@@H]2CCN(C#N)C2)ccc1-c1ccncc1Cl. The molecule has 2 heterocycles. The molecule has 1 fully saturated rings. The van der Waals surface area contributed by atoms with Crippen molar-refractivity contribution in [3.05, 3.63) is 47.2 Å². The number of methoxy groups -OCH3 is 1. The van der Waals surface area contributed by atoms with Crippen molar-refractivity contribution in [1.82, 2.24) is 15.2 Å². The van der Waals surface area contributed by atoms with E-state index in [2.05, 4.69) is 16.5 Å². The molecule has 1 aliphatic heterocycles. The van der Waals surface area contributed by atoms with E-state index in [1.807, 2.05) is 6.07 Å². The van der Waals surface area contributed by atoms with Crippen LogP contribution >= 0.6 is 11.6 Å². The summed E-state index contributed by atoms with van der Waals surface area (Å²) in [7, 11) is 1.55. The average Bonchev–Trinajstić information content (AvgIpc) is 3.09. The molecule has 0 spiro atoms. The van der Waals surface area contributed by atoms with Gasteiger partial charge in [-0.2, -0.15) is 5.26 Å². The van der Waals surface area contributed by atoms with E-state index in [0.29, 0.717) is 29.4 Å². The number of nitrogens with zero attached hydrogens (tertiary/aromatic N) is 3. The number of nitriles is 1. The number of nitrogens with one attached hydrogen (secondary N) is 1. The summed E-state index contributed by atoms with van der Waals surface area (Å²) in [6, 6.07) is 7.02. The van der Waals surface area contributed by atoms with Gasteiger partial charge in [-0.05, 0) is 30.7 Å². The molecule has 3 rings (SSSR count). The molecule has 128 valence electrons. The van der Waals surface area contributed by atoms with Crippen LogP contribution in [0.15, 0.2) is 36.7 Å². The number of pyridine rings is 1. The van der Waals surface area contributed by atoms with Gasteiger partial charge in [-0.25, -0.2) is 0 Å². The van der Waals surface area contributed by atoms with Crippen molar-refractivity contribution in [2.75, 3.05) is 20.2 Å². The smallest absolute Gasteiger partial charge is 0.251 e. The molecule has 1 atom stereocenters. The highest BCUT2D eigenvalue weighted by atomic mass is 35.5. The Labute approximate surface area is 151 Å². The normalized spacial score (nSPS) is 16.4. The molecule has 1 saturated heterocycles. The Morgan fingerprint density at radius 3 is 2.96 bits per heavy atom. The number of hydrogen-bond donors (Lipinski definition) is 1. The Hall–Kier alpha value is -2.78. The Morgan fingerprint density at radius 1 is 1.44 bits per heavy atom. The zero-order chi connectivity index (χ0) is 17.8. The lowest BCUT2D eigenvalue weighted by Crippen LogP contribution is -2.36. The number of likely N-dealkylation sites (tertiary alicyclic amines) is 1. The molecule has 1 amide bonds. The first kappa shape index (κ1) is 17.1. The molecule has 1 N–H and O–H groups in total. The van der Waals surface area contributed by atoms with Crippen LogP contribution in [0.2, 0.25) is 5.02 Å². The van der Waals surface area contributed by atoms with Gasteiger partial charge >= 0.3 is 0 Å². The van der Waals surface area contributed by atoms with E-state index in [1.54, 1.807) is 42.6 Å². The Balaban J connectivity index is 1.81. The number of amides is 1. The van der Waals surface area contributed by atoms with Gasteiger partial charge in [-0.3, -0.25) is 9.78 Å². The molecule has 1 aromatic heterocycles. The maximum atomic E-state index is 12.5. The van der Waals surface area contributed by atoms with Gasteiger partial charge in [-0.1, -0.05) is 11.6 Å². The highest BCUT2D eigenvalue weighted by Crippen LogP contribution is 2.34. The third kappa shape index (κ3) is 3.67. The van der Waals surface area contributed by atoms with Crippen molar-refractivity contribution in [1.29, 1.82) is 5.26 Å². The van der Waals surface area contributed by atoms with Gasteiger partial charge in [-0.15, -0.1) is 0 Å². The number of carbonyl (C=O) groups excluding carboxylic acids is 1. The van der Waals surface area contributed by atoms with Crippen LogP contribution in [-0.2, 0) is 0 Å². The minimum absolute atomic E-state index is 0.0209. The fourth-order valence-corrected chi connectivity index (χ4v) is 3.11. The van der Waals surface area contributed by atoms with Gasteiger partial charge in [0.1, 0.15) is 5.75 Å². The third-order valence-corrected chi connectivity index (χ3v) is 4.49. The van der Waals surface area contributed by atoms with Crippen LogP contribution in [0.3, 0.4) is 0 Å². The van der Waals surface area contributed by atoms with Crippen molar-refractivity contribution in [3.63, 3.8) is 0 Å². The second-order valence-electron chi connectivity index (χ2n) is 5.78. The van der Waals surface area contributed by atoms with Crippen molar-refractivity contribution < 1.29 is 9.53 Å². The fraction of sp³-hybridized carbons (Fsp3) is 0.278. The summed E-state index contributed by atoms with van der Waals surface area (Å²) in [5.74, 6) is 0.376. The highest BCUT2D eigenvalue weighted by molar-refractivity contribution is 6.33. The molecule has 0 unspecified atom stereocenters. The minimum atomic E-state index is -0.185. The highest BCUT2D eigenvalue weighted by Gasteiger charge is 2.23. The van der Waals surface area contributed by atoms with Crippen LogP contribution in [0.4, 0.5) is 0 Å². The zero-order valence-corrected chi connectivity index (χ0v) is 14.5. The lowest BCUT2D eigenvalue weighted by atomic mass is 10.0. The number of hydrogen-bond acceptors (Lipinski definition) is 5. The molecule has 0 bridgehead atoms. The van der Waals surface area contributed by atoms with Crippen molar-refractivity contribution in [2.45, 2.75) is 12.5 Å². The summed E-state index contributed by atoms with van der Waals surface area (Å²) in [6.07, 6.45) is 6.09. The molecule has 1 aliphatic rings. The van der Waals surface area contributed by atoms with Gasteiger partial charge in [0.2, 0.25) is 0 Å². The van der Waals surface area contributed by atoms with Crippen LogP contribution in [0.5, 0.6) is 5.75 Å². The summed E-state index contributed by atoms with van der Waals surface area (Å²) in [5.41, 5.74) is 2.09. The van der Waals surface area contributed by atoms with Crippen molar-refractivity contribution in [2.24, 2.45) is 0 Å². The number of aromatic nitrogens is 1. The summed E-state index contributed by atoms with van der Waals surface area (Å²) in [5, 5.41) is 12.4. The Bertz CT molecular complexity index is 834. The lowest BCUT2D eigenvalue weighted by molar-refractivity contribution is 0.0938. The number of ether oxygens (including phenoxy) is 1. The molecule has 1 aromatic carbocycles. The predicted molar refractivity (Wildman–Crippen MR) is 94.3 cm³/mol. The number of rotatable bonds is 4. The minimum Gasteiger partial charge on any atom is -0.496 e. The van der Waals surface area contributed by atoms with Gasteiger partial charge in [0.15, 0.2) is 6.19 Å². The maximum Gasteiger partial charge on any atom is 0.251 e. The molecule has 0 radical (unpaired) electrons. The van der Waals surface area contributed by atoms with E-state index in [9.17, 15) is 4.79 Å². The van der Waals surface area contributed by atoms with Crippen LogP contribution in [0.1, 0.15) is 16.8 Å². The largest absolute Gasteiger partial charge is 0.496 e. The first-order valence-electron chi connectivity index (χ1n) is 7.86. The quantitative estimate of drug-likeness (QED) is 0.852. The van der Waals surface area contributed by atoms with Crippen LogP contribution < -0.4 is 10.1 Å². The maximum absolute atomic E-state index is 12.5. The lowest BCUT2D eigenvalue weighted by Gasteiger charge is -2.14. The third-order valence-electron chi connectivity index (χ3n) is 4.19. The summed E-state index contributed by atoms with van der Waals surface area (Å²) >= 11 is 6.20. The average molecular weight is 357 g/mol. The van der Waals surface area contributed by atoms with Crippen LogP contribution in [0, 0.1) is 11.5 Å². The molecule has 0 aliphatic carbocycles. The summed E-state index contributed by atoms with van der Waals surface area (Å²) in [4.78, 5) is 18.1. The monoisotopic (exact) mass is 356 g/mol. The number of benzene rings is 1. The summed E-state index contributed by atoms with van der Waals surface area (Å²) in [6.45, 7) is 1.22. The van der Waals surface area contributed by atoms with Gasteiger partial charge in [0, 0.05) is 48.2 Å². The van der Waals surface area contributed by atoms with Gasteiger partial charge in [0.25, 0.3) is 5.91 Å². The molecule has 6 nitrogen and oxygen atoms in total. The molecule has 0 saturated carbocycles. The van der Waals surface area contributed by atoms with Crippen molar-refractivity contribution in [3.8, 4) is 23.1 Å². The molecular weight excluding hydrogens is 340 g/mol. The van der Waals surface area contributed by atoms with E-state index in [1.165, 1.54) is 0 Å². The molecule has 7 heteroatoms. The van der Waals surface area contributed by atoms with E-state index in [-0.39, 0.29) is 11.9 Å².